The van der Waals surface area contributed by atoms with Crippen molar-refractivity contribution in [3.8, 4) is 0 Å². The van der Waals surface area contributed by atoms with E-state index in [1.807, 2.05) is 54.6 Å². The molecule has 1 aromatic heterocycles. The van der Waals surface area contributed by atoms with Gasteiger partial charge in [0.05, 0.1) is 49.0 Å². The van der Waals surface area contributed by atoms with E-state index in [9.17, 15) is 5.11 Å². The van der Waals surface area contributed by atoms with Gasteiger partial charge in [0.25, 0.3) is 0 Å². The Hall–Kier alpha value is -2.63. The summed E-state index contributed by atoms with van der Waals surface area (Å²) in [7, 11) is 0. The van der Waals surface area contributed by atoms with Gasteiger partial charge in [0, 0.05) is 5.39 Å². The van der Waals surface area contributed by atoms with Crippen LogP contribution in [0.25, 0.3) is 10.9 Å². The van der Waals surface area contributed by atoms with Gasteiger partial charge >= 0.3 is 0 Å². The third-order valence-corrected chi connectivity index (χ3v) is 3.80. The van der Waals surface area contributed by atoms with Crippen molar-refractivity contribution in [1.29, 1.82) is 0 Å². The fourth-order valence-electron chi connectivity index (χ4n) is 2.56. The molecule has 0 aliphatic heterocycles. The second-order valence-corrected chi connectivity index (χ2v) is 5.63. The van der Waals surface area contributed by atoms with Gasteiger partial charge in [-0.05, 0) is 11.6 Å². The number of anilines is 2. The Bertz CT molecular complexity index is 793. The maximum atomic E-state index is 9.65. The monoisotopic (exact) mass is 323 g/mol. The fraction of sp³-hybridized carbons (Fsp3) is 0.211. The number of nitrogens with two attached hydrogens (primary N) is 1. The Balaban J connectivity index is 1.68. The number of hydrogen-bond donors (Lipinski definition) is 3. The standard InChI is InChI=1S/C19H21N3O2/c20-17-10-21-18-9-5-4-8-16(18)19(17)22-15(11-23)13-24-12-14-6-2-1-3-7-14/h1-10,15,23H,11-13,20H2,(H,21,22)/t15-/m1/s1. The number of nitrogens with zero attached hydrogens (tertiary/aromatic N) is 1. The highest BCUT2D eigenvalue weighted by Crippen LogP contribution is 2.28. The van der Waals surface area contributed by atoms with Gasteiger partial charge in [-0.3, -0.25) is 4.98 Å². The third kappa shape index (κ3) is 3.82. The van der Waals surface area contributed by atoms with E-state index in [1.54, 1.807) is 6.20 Å². The third-order valence-electron chi connectivity index (χ3n) is 3.80. The average Bonchev–Trinajstić information content (AvgIpc) is 2.63. The van der Waals surface area contributed by atoms with Crippen LogP contribution in [0.3, 0.4) is 0 Å². The van der Waals surface area contributed by atoms with Crippen LogP contribution in [0.15, 0.2) is 60.8 Å². The summed E-state index contributed by atoms with van der Waals surface area (Å²) in [6.07, 6.45) is 1.63. The van der Waals surface area contributed by atoms with Gasteiger partial charge in [-0.15, -0.1) is 0 Å². The van der Waals surface area contributed by atoms with E-state index >= 15 is 0 Å². The van der Waals surface area contributed by atoms with Crippen LogP contribution in [-0.4, -0.2) is 29.3 Å². The van der Waals surface area contributed by atoms with E-state index in [0.29, 0.717) is 18.9 Å². The van der Waals surface area contributed by atoms with Crippen molar-refractivity contribution < 1.29 is 9.84 Å². The quantitative estimate of drug-likeness (QED) is 0.623. The Morgan fingerprint density at radius 1 is 1.08 bits per heavy atom. The number of nitrogen functional groups attached to an aromatic ring is 1. The van der Waals surface area contributed by atoms with Crippen molar-refractivity contribution in [3.05, 3.63) is 66.4 Å². The summed E-state index contributed by atoms with van der Waals surface area (Å²) in [6, 6.07) is 17.5. The lowest BCUT2D eigenvalue weighted by molar-refractivity contribution is 0.0952. The molecule has 0 saturated carbocycles. The maximum absolute atomic E-state index is 9.65. The number of aliphatic hydroxyl groups excluding tert-OH is 1. The predicted molar refractivity (Wildman–Crippen MR) is 96.7 cm³/mol. The van der Waals surface area contributed by atoms with Crippen LogP contribution in [-0.2, 0) is 11.3 Å². The van der Waals surface area contributed by atoms with Crippen LogP contribution in [0.4, 0.5) is 11.4 Å². The SMILES string of the molecule is Nc1cnc2ccccc2c1N[C@H](CO)COCc1ccccc1. The number of nitrogens with one attached hydrogen (secondary N) is 1. The molecule has 3 rings (SSSR count). The van der Waals surface area contributed by atoms with Crippen molar-refractivity contribution in [2.45, 2.75) is 12.6 Å². The lowest BCUT2D eigenvalue weighted by Crippen LogP contribution is -2.29. The largest absolute Gasteiger partial charge is 0.396 e. The van der Waals surface area contributed by atoms with Crippen LogP contribution < -0.4 is 11.1 Å². The Kier molecular flexibility index (Phi) is 5.25. The second kappa shape index (κ2) is 7.77. The first-order valence-electron chi connectivity index (χ1n) is 7.90. The van der Waals surface area contributed by atoms with E-state index in [0.717, 1.165) is 22.2 Å². The molecule has 2 aromatic carbocycles. The van der Waals surface area contributed by atoms with Crippen molar-refractivity contribution in [2.75, 3.05) is 24.3 Å². The Labute approximate surface area is 141 Å². The van der Waals surface area contributed by atoms with Crippen molar-refractivity contribution in [2.24, 2.45) is 0 Å². The number of ether oxygens (including phenoxy) is 1. The lowest BCUT2D eigenvalue weighted by atomic mass is 10.1. The molecule has 0 radical (unpaired) electrons. The fourth-order valence-corrected chi connectivity index (χ4v) is 2.56. The molecule has 3 aromatic rings. The first-order chi connectivity index (χ1) is 11.8. The molecule has 0 aliphatic rings. The van der Waals surface area contributed by atoms with Crippen LogP contribution in [0.5, 0.6) is 0 Å². The molecular formula is C19H21N3O2. The summed E-state index contributed by atoms with van der Waals surface area (Å²) >= 11 is 0. The van der Waals surface area contributed by atoms with Crippen molar-refractivity contribution >= 4 is 22.3 Å². The number of aromatic nitrogens is 1. The smallest absolute Gasteiger partial charge is 0.0743 e. The predicted octanol–water partition coefficient (Wildman–Crippen LogP) is 2.81. The maximum Gasteiger partial charge on any atom is 0.0743 e. The van der Waals surface area contributed by atoms with E-state index in [-0.39, 0.29) is 12.6 Å². The Morgan fingerprint density at radius 2 is 1.83 bits per heavy atom. The highest BCUT2D eigenvalue weighted by molar-refractivity contribution is 5.96. The first-order valence-corrected chi connectivity index (χ1v) is 7.90. The summed E-state index contributed by atoms with van der Waals surface area (Å²) < 4.78 is 5.72. The number of benzene rings is 2. The summed E-state index contributed by atoms with van der Waals surface area (Å²) in [5.41, 5.74) is 9.35. The molecule has 0 amide bonds. The van der Waals surface area contributed by atoms with Crippen LogP contribution in [0.2, 0.25) is 0 Å². The molecular weight excluding hydrogens is 302 g/mol. The zero-order chi connectivity index (χ0) is 16.8. The van der Waals surface area contributed by atoms with Gasteiger partial charge in [0.2, 0.25) is 0 Å². The molecule has 0 spiro atoms. The van der Waals surface area contributed by atoms with Gasteiger partial charge in [-0.2, -0.15) is 0 Å². The van der Waals surface area contributed by atoms with Crippen molar-refractivity contribution in [1.82, 2.24) is 4.98 Å². The molecule has 0 fully saturated rings. The number of fused-ring (bicyclic) bond motifs is 1. The Morgan fingerprint density at radius 3 is 2.62 bits per heavy atom. The average molecular weight is 323 g/mol. The number of aliphatic hydroxyl groups is 1. The molecule has 24 heavy (non-hydrogen) atoms. The molecule has 0 saturated heterocycles. The zero-order valence-corrected chi connectivity index (χ0v) is 13.4. The van der Waals surface area contributed by atoms with Crippen LogP contribution in [0.1, 0.15) is 5.56 Å². The van der Waals surface area contributed by atoms with E-state index in [4.69, 9.17) is 10.5 Å². The number of hydrogen-bond acceptors (Lipinski definition) is 5. The molecule has 4 N–H and O–H groups in total. The summed E-state index contributed by atoms with van der Waals surface area (Å²) in [5, 5.41) is 13.9. The van der Waals surface area contributed by atoms with Gasteiger partial charge in [0.15, 0.2) is 0 Å². The summed E-state index contributed by atoms with van der Waals surface area (Å²) in [5.74, 6) is 0. The van der Waals surface area contributed by atoms with Gasteiger partial charge < -0.3 is 20.9 Å². The topological polar surface area (TPSA) is 80.4 Å². The molecule has 1 atom stereocenters. The first kappa shape index (κ1) is 16.2. The highest BCUT2D eigenvalue weighted by Gasteiger charge is 2.12. The number of pyridine rings is 1. The zero-order valence-electron chi connectivity index (χ0n) is 13.4. The van der Waals surface area contributed by atoms with Crippen LogP contribution >= 0.6 is 0 Å². The minimum absolute atomic E-state index is 0.0507. The molecule has 0 aliphatic carbocycles. The second-order valence-electron chi connectivity index (χ2n) is 5.63. The van der Waals surface area contributed by atoms with E-state index < -0.39 is 0 Å². The molecule has 124 valence electrons. The molecule has 1 heterocycles. The number of para-hydroxylation sites is 1. The normalized spacial score (nSPS) is 12.2. The molecule has 5 nitrogen and oxygen atoms in total. The van der Waals surface area contributed by atoms with E-state index in [1.165, 1.54) is 0 Å². The number of rotatable bonds is 7. The lowest BCUT2D eigenvalue weighted by Gasteiger charge is -2.20. The highest BCUT2D eigenvalue weighted by atomic mass is 16.5. The van der Waals surface area contributed by atoms with Crippen LogP contribution in [0, 0.1) is 0 Å². The molecule has 0 bridgehead atoms. The summed E-state index contributed by atoms with van der Waals surface area (Å²) in [4.78, 5) is 4.32. The van der Waals surface area contributed by atoms with Gasteiger partial charge in [0.1, 0.15) is 0 Å². The molecule has 0 unspecified atom stereocenters. The van der Waals surface area contributed by atoms with Gasteiger partial charge in [-0.25, -0.2) is 0 Å². The van der Waals surface area contributed by atoms with E-state index in [2.05, 4.69) is 10.3 Å². The van der Waals surface area contributed by atoms with Gasteiger partial charge in [-0.1, -0.05) is 48.5 Å². The summed E-state index contributed by atoms with van der Waals surface area (Å²) in [6.45, 7) is 0.831. The molecule has 5 heteroatoms. The minimum atomic E-state index is -0.248. The van der Waals surface area contributed by atoms with Crippen molar-refractivity contribution in [3.63, 3.8) is 0 Å². The minimum Gasteiger partial charge on any atom is -0.396 e.